The van der Waals surface area contributed by atoms with E-state index in [2.05, 4.69) is 33.1 Å². The van der Waals surface area contributed by atoms with Gasteiger partial charge in [0.05, 0.1) is 13.3 Å². The highest BCUT2D eigenvalue weighted by Gasteiger charge is 2.37. The van der Waals surface area contributed by atoms with E-state index in [-0.39, 0.29) is 0 Å². The van der Waals surface area contributed by atoms with Crippen LogP contribution in [0, 0.1) is 0 Å². The van der Waals surface area contributed by atoms with Crippen LogP contribution >= 0.6 is 0 Å². The number of rotatable bonds is 8. The first kappa shape index (κ1) is 14.9. The molecule has 2 heteroatoms. The maximum absolute atomic E-state index is 10.5. The van der Waals surface area contributed by atoms with Gasteiger partial charge in [-0.2, -0.15) is 0 Å². The van der Waals surface area contributed by atoms with Crippen LogP contribution in [0.2, 0.25) is 19.6 Å². The van der Waals surface area contributed by atoms with E-state index in [1.54, 1.807) is 6.08 Å². The molecule has 0 aliphatic heterocycles. The van der Waals surface area contributed by atoms with Gasteiger partial charge in [-0.1, -0.05) is 64.7 Å². The van der Waals surface area contributed by atoms with Crippen LogP contribution in [-0.2, 0) is 0 Å². The highest BCUT2D eigenvalue weighted by Crippen LogP contribution is 2.27. The molecular weight excluding hydrogens is 200 g/mol. The van der Waals surface area contributed by atoms with Gasteiger partial charge in [0.1, 0.15) is 0 Å². The van der Waals surface area contributed by atoms with Crippen LogP contribution in [0.1, 0.15) is 45.4 Å². The second-order valence-corrected chi connectivity index (χ2v) is 10.9. The van der Waals surface area contributed by atoms with Crippen molar-refractivity contribution >= 4 is 8.07 Å². The van der Waals surface area contributed by atoms with Crippen LogP contribution < -0.4 is 0 Å². The number of unbranched alkanes of at least 4 members (excludes halogenated alkanes) is 4. The molecule has 0 aromatic heterocycles. The van der Waals surface area contributed by atoms with Crippen molar-refractivity contribution in [3.8, 4) is 0 Å². The summed E-state index contributed by atoms with van der Waals surface area (Å²) in [6.07, 6.45) is 8.95. The van der Waals surface area contributed by atoms with E-state index in [1.165, 1.54) is 25.7 Å². The van der Waals surface area contributed by atoms with Crippen LogP contribution in [-0.4, -0.2) is 18.4 Å². The van der Waals surface area contributed by atoms with Crippen LogP contribution in [0.15, 0.2) is 12.7 Å². The normalized spacial score (nSPS) is 16.1. The first-order valence-corrected chi connectivity index (χ1v) is 9.73. The Morgan fingerprint density at radius 3 is 2.07 bits per heavy atom. The second kappa shape index (κ2) is 6.49. The predicted molar refractivity (Wildman–Crippen MR) is 71.9 cm³/mol. The Bertz CT molecular complexity index is 183. The van der Waals surface area contributed by atoms with Crippen LogP contribution in [0.3, 0.4) is 0 Å². The van der Waals surface area contributed by atoms with E-state index in [1.807, 2.05) is 0 Å². The van der Waals surface area contributed by atoms with Crippen molar-refractivity contribution in [1.29, 1.82) is 0 Å². The zero-order valence-corrected chi connectivity index (χ0v) is 12.0. The average Bonchev–Trinajstić information content (AvgIpc) is 2.15. The van der Waals surface area contributed by atoms with E-state index >= 15 is 0 Å². The fourth-order valence-corrected chi connectivity index (χ4v) is 3.32. The van der Waals surface area contributed by atoms with Gasteiger partial charge in [-0.25, -0.2) is 0 Å². The molecule has 0 aliphatic rings. The predicted octanol–water partition coefficient (Wildman–Crippen LogP) is 4.14. The minimum Gasteiger partial charge on any atom is -0.389 e. The van der Waals surface area contributed by atoms with Crippen LogP contribution in [0.5, 0.6) is 0 Å². The standard InChI is InChI=1S/C13H28OSi/c1-6-8-9-10-11-12-13(14,7-2)15(3,4)5/h7,14H,2,6,8-12H2,1,3-5H3. The monoisotopic (exact) mass is 228 g/mol. The summed E-state index contributed by atoms with van der Waals surface area (Å²) in [6.45, 7) is 12.7. The Morgan fingerprint density at radius 2 is 1.67 bits per heavy atom. The zero-order valence-electron chi connectivity index (χ0n) is 11.0. The Balaban J connectivity index is 3.95. The smallest absolute Gasteiger partial charge is 0.0869 e. The van der Waals surface area contributed by atoms with Crippen molar-refractivity contribution in [1.82, 2.24) is 0 Å². The maximum Gasteiger partial charge on any atom is 0.0869 e. The Hall–Kier alpha value is -0.0831. The van der Waals surface area contributed by atoms with E-state index in [0.29, 0.717) is 0 Å². The van der Waals surface area contributed by atoms with Crippen LogP contribution in [0.4, 0.5) is 0 Å². The van der Waals surface area contributed by atoms with Gasteiger partial charge in [0.25, 0.3) is 0 Å². The summed E-state index contributed by atoms with van der Waals surface area (Å²) in [7, 11) is -1.54. The highest BCUT2D eigenvalue weighted by atomic mass is 28.3. The molecule has 0 saturated heterocycles. The average molecular weight is 228 g/mol. The Kier molecular flexibility index (Phi) is 6.45. The van der Waals surface area contributed by atoms with Gasteiger partial charge in [-0.3, -0.25) is 0 Å². The van der Waals surface area contributed by atoms with Crippen molar-refractivity contribution in [2.24, 2.45) is 0 Å². The van der Waals surface area contributed by atoms with E-state index in [0.717, 1.165) is 12.8 Å². The quantitative estimate of drug-likeness (QED) is 0.376. The minimum absolute atomic E-state index is 0.570. The highest BCUT2D eigenvalue weighted by molar-refractivity contribution is 6.79. The molecular formula is C13H28OSi. The van der Waals surface area contributed by atoms with E-state index in [4.69, 9.17) is 0 Å². The van der Waals surface area contributed by atoms with Gasteiger partial charge in [0.2, 0.25) is 0 Å². The molecule has 0 amide bonds. The molecule has 0 aromatic carbocycles. The zero-order chi connectivity index (χ0) is 11.9. The lowest BCUT2D eigenvalue weighted by Crippen LogP contribution is -2.50. The third-order valence-electron chi connectivity index (χ3n) is 3.30. The van der Waals surface area contributed by atoms with Gasteiger partial charge < -0.3 is 5.11 Å². The molecule has 0 radical (unpaired) electrons. The largest absolute Gasteiger partial charge is 0.389 e. The molecule has 1 unspecified atom stereocenters. The summed E-state index contributed by atoms with van der Waals surface area (Å²) >= 11 is 0. The molecule has 15 heavy (non-hydrogen) atoms. The van der Waals surface area contributed by atoms with Crippen molar-refractivity contribution < 1.29 is 5.11 Å². The molecule has 0 heterocycles. The SMILES string of the molecule is C=CC(O)(CCCCCCC)[Si](C)(C)C. The summed E-state index contributed by atoms with van der Waals surface area (Å²) in [5.41, 5.74) is 0. The van der Waals surface area contributed by atoms with Gasteiger partial charge in [-0.05, 0) is 6.42 Å². The molecule has 1 nitrogen and oxygen atoms in total. The van der Waals surface area contributed by atoms with E-state index in [9.17, 15) is 5.11 Å². The van der Waals surface area contributed by atoms with Gasteiger partial charge in [0, 0.05) is 0 Å². The fraction of sp³-hybridized carbons (Fsp3) is 0.846. The molecule has 90 valence electrons. The van der Waals surface area contributed by atoms with Crippen molar-refractivity contribution in [3.05, 3.63) is 12.7 Å². The molecule has 0 rings (SSSR count). The molecule has 0 spiro atoms. The molecule has 0 aromatic rings. The minimum atomic E-state index is -1.54. The lowest BCUT2D eigenvalue weighted by molar-refractivity contribution is 0.152. The molecule has 0 saturated carbocycles. The number of hydrogen-bond donors (Lipinski definition) is 1. The molecule has 1 N–H and O–H groups in total. The maximum atomic E-state index is 10.5. The summed E-state index contributed by atoms with van der Waals surface area (Å²) in [6, 6.07) is 0. The number of hydrogen-bond acceptors (Lipinski definition) is 1. The third-order valence-corrected chi connectivity index (χ3v) is 6.35. The van der Waals surface area contributed by atoms with Crippen molar-refractivity contribution in [3.63, 3.8) is 0 Å². The summed E-state index contributed by atoms with van der Waals surface area (Å²) < 4.78 is 0. The van der Waals surface area contributed by atoms with Gasteiger partial charge in [-0.15, -0.1) is 6.58 Å². The lowest BCUT2D eigenvalue weighted by atomic mass is 10.1. The Morgan fingerprint density at radius 1 is 1.13 bits per heavy atom. The Labute approximate surface area is 96.6 Å². The topological polar surface area (TPSA) is 20.2 Å². The third kappa shape index (κ3) is 4.98. The number of aliphatic hydroxyl groups is 1. The molecule has 0 aliphatic carbocycles. The first-order valence-electron chi connectivity index (χ1n) is 6.23. The van der Waals surface area contributed by atoms with Crippen molar-refractivity contribution in [2.75, 3.05) is 0 Å². The lowest BCUT2D eigenvalue weighted by Gasteiger charge is -2.36. The molecule has 0 bridgehead atoms. The van der Waals surface area contributed by atoms with Crippen LogP contribution in [0.25, 0.3) is 0 Å². The molecule has 0 fully saturated rings. The van der Waals surface area contributed by atoms with Gasteiger partial charge >= 0.3 is 0 Å². The summed E-state index contributed by atoms with van der Waals surface area (Å²) in [5, 5.41) is 9.89. The van der Waals surface area contributed by atoms with E-state index < -0.39 is 13.3 Å². The van der Waals surface area contributed by atoms with Gasteiger partial charge in [0.15, 0.2) is 0 Å². The summed E-state index contributed by atoms with van der Waals surface area (Å²) in [5.74, 6) is 0. The second-order valence-electron chi connectivity index (χ2n) is 5.54. The summed E-state index contributed by atoms with van der Waals surface area (Å²) in [4.78, 5) is 0. The fourth-order valence-electron chi connectivity index (χ4n) is 1.78. The first-order chi connectivity index (χ1) is 6.87. The van der Waals surface area contributed by atoms with Crippen molar-refractivity contribution in [2.45, 2.75) is 70.3 Å². The molecule has 1 atom stereocenters.